The summed E-state index contributed by atoms with van der Waals surface area (Å²) in [4.78, 5) is 4.15. The highest BCUT2D eigenvalue weighted by Crippen LogP contribution is 2.18. The molecule has 0 aromatic carbocycles. The summed E-state index contributed by atoms with van der Waals surface area (Å²) in [6.07, 6.45) is 2.86. The summed E-state index contributed by atoms with van der Waals surface area (Å²) in [6, 6.07) is 4.22. The standard InChI is InChI=1S/C11H18N2/c1-8(2)6-11(12)10-4-5-13-9(3)7-10/h4-5,7-8,11H,6,12H2,1-3H3. The number of nitrogens with two attached hydrogens (primary N) is 1. The third-order valence-corrected chi connectivity index (χ3v) is 2.07. The van der Waals surface area contributed by atoms with Crippen LogP contribution in [0.2, 0.25) is 0 Å². The average Bonchev–Trinajstić information content (AvgIpc) is 2.03. The zero-order valence-corrected chi connectivity index (χ0v) is 8.62. The molecule has 0 aliphatic heterocycles. The first kappa shape index (κ1) is 10.2. The van der Waals surface area contributed by atoms with E-state index in [4.69, 9.17) is 5.73 Å². The number of rotatable bonds is 3. The predicted octanol–water partition coefficient (Wildman–Crippen LogP) is 2.44. The molecule has 0 radical (unpaired) electrons. The smallest absolute Gasteiger partial charge is 0.0375 e. The first-order chi connectivity index (χ1) is 6.09. The first-order valence-electron chi connectivity index (χ1n) is 4.77. The fourth-order valence-corrected chi connectivity index (χ4v) is 1.44. The van der Waals surface area contributed by atoms with Gasteiger partial charge in [-0.1, -0.05) is 13.8 Å². The van der Waals surface area contributed by atoms with Gasteiger partial charge in [-0.05, 0) is 37.0 Å². The Labute approximate surface area is 80.2 Å². The van der Waals surface area contributed by atoms with Gasteiger partial charge in [-0.3, -0.25) is 4.98 Å². The van der Waals surface area contributed by atoms with Crippen molar-refractivity contribution in [2.75, 3.05) is 0 Å². The van der Waals surface area contributed by atoms with Crippen LogP contribution in [-0.2, 0) is 0 Å². The van der Waals surface area contributed by atoms with Gasteiger partial charge < -0.3 is 5.73 Å². The molecule has 2 nitrogen and oxygen atoms in total. The lowest BCUT2D eigenvalue weighted by Crippen LogP contribution is -2.13. The molecular weight excluding hydrogens is 160 g/mol. The normalized spacial score (nSPS) is 13.3. The lowest BCUT2D eigenvalue weighted by atomic mass is 9.98. The number of nitrogens with zero attached hydrogens (tertiary/aromatic N) is 1. The summed E-state index contributed by atoms with van der Waals surface area (Å²) >= 11 is 0. The van der Waals surface area contributed by atoms with Crippen molar-refractivity contribution in [3.05, 3.63) is 29.6 Å². The molecule has 1 aromatic rings. The van der Waals surface area contributed by atoms with Crippen molar-refractivity contribution in [3.63, 3.8) is 0 Å². The average molecular weight is 178 g/mol. The Bertz CT molecular complexity index is 269. The summed E-state index contributed by atoms with van der Waals surface area (Å²) in [7, 11) is 0. The Morgan fingerprint density at radius 2 is 2.15 bits per heavy atom. The predicted molar refractivity (Wildman–Crippen MR) is 55.4 cm³/mol. The Balaban J connectivity index is 2.71. The van der Waals surface area contributed by atoms with Gasteiger partial charge in [0, 0.05) is 17.9 Å². The quantitative estimate of drug-likeness (QED) is 0.772. The maximum absolute atomic E-state index is 6.04. The van der Waals surface area contributed by atoms with E-state index in [-0.39, 0.29) is 6.04 Å². The number of pyridine rings is 1. The topological polar surface area (TPSA) is 38.9 Å². The number of hydrogen-bond donors (Lipinski definition) is 1. The molecular formula is C11H18N2. The van der Waals surface area contributed by atoms with E-state index >= 15 is 0 Å². The zero-order chi connectivity index (χ0) is 9.84. The Morgan fingerprint density at radius 3 is 2.69 bits per heavy atom. The van der Waals surface area contributed by atoms with Crippen molar-refractivity contribution in [1.82, 2.24) is 4.98 Å². The van der Waals surface area contributed by atoms with Crippen molar-refractivity contribution < 1.29 is 0 Å². The molecule has 1 heterocycles. The number of hydrogen-bond acceptors (Lipinski definition) is 2. The summed E-state index contributed by atoms with van der Waals surface area (Å²) < 4.78 is 0. The summed E-state index contributed by atoms with van der Waals surface area (Å²) in [5.41, 5.74) is 8.27. The molecule has 0 saturated heterocycles. The minimum absolute atomic E-state index is 0.154. The van der Waals surface area contributed by atoms with Gasteiger partial charge in [0.2, 0.25) is 0 Å². The van der Waals surface area contributed by atoms with Crippen molar-refractivity contribution in [1.29, 1.82) is 0 Å². The van der Waals surface area contributed by atoms with Gasteiger partial charge in [0.1, 0.15) is 0 Å². The minimum Gasteiger partial charge on any atom is -0.324 e. The van der Waals surface area contributed by atoms with Crippen LogP contribution in [0.3, 0.4) is 0 Å². The van der Waals surface area contributed by atoms with Gasteiger partial charge in [-0.25, -0.2) is 0 Å². The highest BCUT2D eigenvalue weighted by atomic mass is 14.7. The third kappa shape index (κ3) is 3.15. The van der Waals surface area contributed by atoms with Crippen LogP contribution in [0, 0.1) is 12.8 Å². The third-order valence-electron chi connectivity index (χ3n) is 2.07. The second-order valence-corrected chi connectivity index (χ2v) is 3.97. The van der Waals surface area contributed by atoms with Gasteiger partial charge in [-0.2, -0.15) is 0 Å². The van der Waals surface area contributed by atoms with Gasteiger partial charge in [0.05, 0.1) is 0 Å². The highest BCUT2D eigenvalue weighted by molar-refractivity contribution is 5.18. The zero-order valence-electron chi connectivity index (χ0n) is 8.62. The second-order valence-electron chi connectivity index (χ2n) is 3.97. The van der Waals surface area contributed by atoms with Gasteiger partial charge in [0.25, 0.3) is 0 Å². The van der Waals surface area contributed by atoms with Crippen LogP contribution in [0.5, 0.6) is 0 Å². The van der Waals surface area contributed by atoms with E-state index in [1.165, 1.54) is 5.56 Å². The summed E-state index contributed by atoms with van der Waals surface area (Å²) in [5.74, 6) is 0.642. The molecule has 0 aliphatic carbocycles. The van der Waals surface area contributed by atoms with Crippen LogP contribution >= 0.6 is 0 Å². The largest absolute Gasteiger partial charge is 0.324 e. The summed E-state index contributed by atoms with van der Waals surface area (Å²) in [5, 5.41) is 0. The molecule has 1 unspecified atom stereocenters. The lowest BCUT2D eigenvalue weighted by molar-refractivity contribution is 0.509. The second kappa shape index (κ2) is 4.38. The molecule has 0 spiro atoms. The van der Waals surface area contributed by atoms with E-state index in [1.807, 2.05) is 19.2 Å². The first-order valence-corrected chi connectivity index (χ1v) is 4.77. The van der Waals surface area contributed by atoms with E-state index in [0.717, 1.165) is 12.1 Å². The van der Waals surface area contributed by atoms with E-state index in [9.17, 15) is 0 Å². The van der Waals surface area contributed by atoms with E-state index < -0.39 is 0 Å². The fourth-order valence-electron chi connectivity index (χ4n) is 1.44. The Kier molecular flexibility index (Phi) is 3.43. The van der Waals surface area contributed by atoms with Crippen LogP contribution in [-0.4, -0.2) is 4.98 Å². The van der Waals surface area contributed by atoms with Gasteiger partial charge in [0.15, 0.2) is 0 Å². The molecule has 1 atom stereocenters. The van der Waals surface area contributed by atoms with E-state index in [2.05, 4.69) is 24.9 Å². The molecule has 0 fully saturated rings. The molecule has 0 amide bonds. The molecule has 0 aliphatic rings. The fraction of sp³-hybridized carbons (Fsp3) is 0.545. The van der Waals surface area contributed by atoms with E-state index in [1.54, 1.807) is 0 Å². The molecule has 2 N–H and O–H groups in total. The minimum atomic E-state index is 0.154. The molecule has 13 heavy (non-hydrogen) atoms. The summed E-state index contributed by atoms with van der Waals surface area (Å²) in [6.45, 7) is 6.37. The monoisotopic (exact) mass is 178 g/mol. The van der Waals surface area contributed by atoms with Crippen LogP contribution in [0.1, 0.15) is 37.6 Å². The molecule has 0 bridgehead atoms. The van der Waals surface area contributed by atoms with Crippen molar-refractivity contribution in [2.24, 2.45) is 11.7 Å². The highest BCUT2D eigenvalue weighted by Gasteiger charge is 2.07. The van der Waals surface area contributed by atoms with Crippen molar-refractivity contribution >= 4 is 0 Å². The number of aryl methyl sites for hydroxylation is 1. The van der Waals surface area contributed by atoms with Gasteiger partial charge >= 0.3 is 0 Å². The molecule has 2 heteroatoms. The number of aromatic nitrogens is 1. The molecule has 72 valence electrons. The maximum Gasteiger partial charge on any atom is 0.0375 e. The molecule has 0 saturated carbocycles. The van der Waals surface area contributed by atoms with Crippen LogP contribution in [0.4, 0.5) is 0 Å². The van der Waals surface area contributed by atoms with Crippen molar-refractivity contribution in [2.45, 2.75) is 33.2 Å². The lowest BCUT2D eigenvalue weighted by Gasteiger charge is -2.14. The Hall–Kier alpha value is -0.890. The SMILES string of the molecule is Cc1cc(C(N)CC(C)C)ccn1. The molecule has 1 aromatic heterocycles. The molecule has 1 rings (SSSR count). The van der Waals surface area contributed by atoms with Crippen molar-refractivity contribution in [3.8, 4) is 0 Å². The Morgan fingerprint density at radius 1 is 1.46 bits per heavy atom. The van der Waals surface area contributed by atoms with Gasteiger partial charge in [-0.15, -0.1) is 0 Å². The van der Waals surface area contributed by atoms with Crippen LogP contribution < -0.4 is 5.73 Å². The maximum atomic E-state index is 6.04. The van der Waals surface area contributed by atoms with Crippen LogP contribution in [0.25, 0.3) is 0 Å². The van der Waals surface area contributed by atoms with E-state index in [0.29, 0.717) is 5.92 Å². The van der Waals surface area contributed by atoms with Crippen LogP contribution in [0.15, 0.2) is 18.3 Å².